The Kier molecular flexibility index (Phi) is 7.36. The van der Waals surface area contributed by atoms with E-state index >= 15 is 0 Å². The van der Waals surface area contributed by atoms with Gasteiger partial charge in [-0.1, -0.05) is 37.3 Å². The molecule has 156 valence electrons. The van der Waals surface area contributed by atoms with Crippen molar-refractivity contribution in [3.63, 3.8) is 0 Å². The summed E-state index contributed by atoms with van der Waals surface area (Å²) in [5, 5.41) is 21.7. The van der Waals surface area contributed by atoms with Crippen molar-refractivity contribution in [1.29, 1.82) is 0 Å². The molecule has 2 aromatic rings. The third-order valence-electron chi connectivity index (χ3n) is 5.75. The summed E-state index contributed by atoms with van der Waals surface area (Å²) in [4.78, 5) is 20.4. The van der Waals surface area contributed by atoms with Crippen LogP contribution in [0.15, 0.2) is 54.9 Å². The average Bonchev–Trinajstić information content (AvgIpc) is 2.75. The molecule has 0 bridgehead atoms. The summed E-state index contributed by atoms with van der Waals surface area (Å²) in [6.07, 6.45) is 4.03. The van der Waals surface area contributed by atoms with Crippen molar-refractivity contribution >= 4 is 5.91 Å². The lowest BCUT2D eigenvalue weighted by atomic mass is 9.87. The Morgan fingerprint density at radius 2 is 1.93 bits per heavy atom. The predicted molar refractivity (Wildman–Crippen MR) is 112 cm³/mol. The maximum absolute atomic E-state index is 12.6. The zero-order valence-corrected chi connectivity index (χ0v) is 17.1. The van der Waals surface area contributed by atoms with Gasteiger partial charge in [0.2, 0.25) is 5.91 Å². The molecule has 1 amide bonds. The molecule has 1 aliphatic heterocycles. The second kappa shape index (κ2) is 9.96. The number of β-amino-alcohol motifs (C(OH)–C–C–N with tert-alkyl or cyclic N) is 1. The molecule has 0 radical (unpaired) electrons. The first kappa shape index (κ1) is 21.4. The van der Waals surface area contributed by atoms with Crippen LogP contribution in [0.25, 0.3) is 0 Å². The summed E-state index contributed by atoms with van der Waals surface area (Å²) in [5.41, 5.74) is 1.04. The number of aromatic nitrogens is 1. The highest BCUT2D eigenvalue weighted by molar-refractivity contribution is 5.76. The Bertz CT molecular complexity index is 771. The number of piperidine rings is 1. The van der Waals surface area contributed by atoms with E-state index in [0.717, 1.165) is 17.7 Å². The van der Waals surface area contributed by atoms with Gasteiger partial charge in [-0.2, -0.15) is 0 Å². The minimum absolute atomic E-state index is 0.0269. The zero-order chi connectivity index (χ0) is 20.7. The van der Waals surface area contributed by atoms with E-state index in [-0.39, 0.29) is 12.5 Å². The van der Waals surface area contributed by atoms with Gasteiger partial charge in [0, 0.05) is 45.0 Å². The molecule has 1 aromatic heterocycles. The number of rotatable bonds is 8. The maximum atomic E-state index is 12.6. The second-order valence-electron chi connectivity index (χ2n) is 7.85. The summed E-state index contributed by atoms with van der Waals surface area (Å²) >= 11 is 0. The molecule has 2 N–H and O–H groups in total. The van der Waals surface area contributed by atoms with Gasteiger partial charge in [0.05, 0.1) is 0 Å². The van der Waals surface area contributed by atoms with Gasteiger partial charge >= 0.3 is 0 Å². The van der Waals surface area contributed by atoms with Crippen LogP contribution in [0.2, 0.25) is 0 Å². The molecule has 1 aliphatic rings. The Labute approximate surface area is 172 Å². The minimum Gasteiger partial charge on any atom is -0.388 e. The molecule has 1 aromatic carbocycles. The Morgan fingerprint density at radius 1 is 1.21 bits per heavy atom. The Morgan fingerprint density at radius 3 is 2.59 bits per heavy atom. The van der Waals surface area contributed by atoms with Crippen LogP contribution in [-0.2, 0) is 17.8 Å². The topological polar surface area (TPSA) is 76.9 Å². The summed E-state index contributed by atoms with van der Waals surface area (Å²) in [6.45, 7) is 4.51. The monoisotopic (exact) mass is 397 g/mol. The first-order valence-corrected chi connectivity index (χ1v) is 10.3. The summed E-state index contributed by atoms with van der Waals surface area (Å²) < 4.78 is 0. The van der Waals surface area contributed by atoms with Crippen LogP contribution in [0.4, 0.5) is 0 Å². The van der Waals surface area contributed by atoms with E-state index in [1.807, 2.05) is 49.4 Å². The number of carbonyl (C=O) groups is 1. The quantitative estimate of drug-likeness (QED) is 0.711. The van der Waals surface area contributed by atoms with Gasteiger partial charge in [-0.15, -0.1) is 0 Å². The largest absolute Gasteiger partial charge is 0.388 e. The molecule has 0 saturated carbocycles. The number of hydrogen-bond donors (Lipinski definition) is 2. The number of likely N-dealkylation sites (tertiary alicyclic amines) is 1. The fourth-order valence-corrected chi connectivity index (χ4v) is 3.84. The van der Waals surface area contributed by atoms with Gasteiger partial charge in [0.15, 0.2) is 0 Å². The highest BCUT2D eigenvalue weighted by atomic mass is 16.3. The van der Waals surface area contributed by atoms with Gasteiger partial charge in [-0.3, -0.25) is 14.7 Å². The number of amides is 1. The van der Waals surface area contributed by atoms with Gasteiger partial charge in [-0.05, 0) is 42.6 Å². The SMILES string of the molecule is CCN(Cc1ccncc1)C[C@@]1(O)CCN(C(=O)CCc2ccccc2)C[C@@H]1O. The molecule has 0 spiro atoms. The first-order chi connectivity index (χ1) is 14.0. The van der Waals surface area contributed by atoms with Crippen molar-refractivity contribution in [3.05, 3.63) is 66.0 Å². The predicted octanol–water partition coefficient (Wildman–Crippen LogP) is 1.86. The lowest BCUT2D eigenvalue weighted by Gasteiger charge is -2.44. The van der Waals surface area contributed by atoms with Gasteiger partial charge in [-0.25, -0.2) is 0 Å². The maximum Gasteiger partial charge on any atom is 0.222 e. The van der Waals surface area contributed by atoms with Crippen LogP contribution in [0.5, 0.6) is 0 Å². The smallest absolute Gasteiger partial charge is 0.222 e. The van der Waals surface area contributed by atoms with Gasteiger partial charge < -0.3 is 15.1 Å². The number of nitrogens with zero attached hydrogens (tertiary/aromatic N) is 3. The van der Waals surface area contributed by atoms with Gasteiger partial charge in [0.25, 0.3) is 0 Å². The number of likely N-dealkylation sites (N-methyl/N-ethyl adjacent to an activating group) is 1. The number of carbonyl (C=O) groups excluding carboxylic acids is 1. The second-order valence-corrected chi connectivity index (χ2v) is 7.85. The minimum atomic E-state index is -1.21. The van der Waals surface area contributed by atoms with Crippen LogP contribution in [-0.4, -0.2) is 68.8 Å². The number of aryl methyl sites for hydroxylation is 1. The average molecular weight is 398 g/mol. The molecule has 29 heavy (non-hydrogen) atoms. The third kappa shape index (κ3) is 5.85. The molecular formula is C23H31N3O3. The van der Waals surface area contributed by atoms with E-state index in [1.165, 1.54) is 0 Å². The lowest BCUT2D eigenvalue weighted by molar-refractivity contribution is -0.153. The highest BCUT2D eigenvalue weighted by Gasteiger charge is 2.42. The summed E-state index contributed by atoms with van der Waals surface area (Å²) in [6, 6.07) is 13.8. The van der Waals surface area contributed by atoms with Crippen LogP contribution >= 0.6 is 0 Å². The van der Waals surface area contributed by atoms with Crippen LogP contribution in [0, 0.1) is 0 Å². The van der Waals surface area contributed by atoms with Crippen LogP contribution in [0.1, 0.15) is 30.9 Å². The number of aliphatic hydroxyl groups excluding tert-OH is 1. The van der Waals surface area contributed by atoms with Crippen molar-refractivity contribution in [2.75, 3.05) is 26.2 Å². The molecule has 0 unspecified atom stereocenters. The standard InChI is InChI=1S/C23H31N3O3/c1-2-25(16-20-10-13-24-14-11-20)18-23(29)12-15-26(17-21(23)27)22(28)9-8-19-6-4-3-5-7-19/h3-7,10-11,13-14,21,27,29H,2,8-9,12,15-18H2,1H3/t21-,23-/m0/s1. The van der Waals surface area contributed by atoms with Crippen molar-refractivity contribution in [2.45, 2.75) is 44.4 Å². The van der Waals surface area contributed by atoms with Gasteiger partial charge in [0.1, 0.15) is 11.7 Å². The summed E-state index contributed by atoms with van der Waals surface area (Å²) in [7, 11) is 0. The van der Waals surface area contributed by atoms with Crippen molar-refractivity contribution in [2.24, 2.45) is 0 Å². The van der Waals surface area contributed by atoms with E-state index in [1.54, 1.807) is 17.3 Å². The van der Waals surface area contributed by atoms with E-state index in [2.05, 4.69) is 9.88 Å². The normalized spacial score (nSPS) is 22.1. The van der Waals surface area contributed by atoms with Crippen molar-refractivity contribution in [1.82, 2.24) is 14.8 Å². The highest BCUT2D eigenvalue weighted by Crippen LogP contribution is 2.25. The molecule has 2 heterocycles. The first-order valence-electron chi connectivity index (χ1n) is 10.3. The molecule has 6 nitrogen and oxygen atoms in total. The number of benzene rings is 1. The molecule has 1 saturated heterocycles. The Balaban J connectivity index is 1.52. The number of hydrogen-bond acceptors (Lipinski definition) is 5. The number of aliphatic hydroxyl groups is 2. The van der Waals surface area contributed by atoms with Crippen LogP contribution in [0.3, 0.4) is 0 Å². The zero-order valence-electron chi connectivity index (χ0n) is 17.1. The fourth-order valence-electron chi connectivity index (χ4n) is 3.84. The van der Waals surface area contributed by atoms with Crippen molar-refractivity contribution < 1.29 is 15.0 Å². The van der Waals surface area contributed by atoms with E-state index < -0.39 is 11.7 Å². The molecule has 6 heteroatoms. The molecular weight excluding hydrogens is 366 g/mol. The molecule has 1 fully saturated rings. The third-order valence-corrected chi connectivity index (χ3v) is 5.75. The van der Waals surface area contributed by atoms with E-state index in [4.69, 9.17) is 0 Å². The summed E-state index contributed by atoms with van der Waals surface area (Å²) in [5.74, 6) is 0.0269. The molecule has 0 aliphatic carbocycles. The van der Waals surface area contributed by atoms with Crippen LogP contribution < -0.4 is 0 Å². The van der Waals surface area contributed by atoms with Crippen molar-refractivity contribution in [3.8, 4) is 0 Å². The van der Waals surface area contributed by atoms with E-state index in [9.17, 15) is 15.0 Å². The van der Waals surface area contributed by atoms with E-state index in [0.29, 0.717) is 38.9 Å². The molecule has 2 atom stereocenters. The lowest BCUT2D eigenvalue weighted by Crippen LogP contribution is -2.61. The Hall–Kier alpha value is -2.28. The number of pyridine rings is 1. The molecule has 3 rings (SSSR count). The fraction of sp³-hybridized carbons (Fsp3) is 0.478.